The van der Waals surface area contributed by atoms with E-state index in [4.69, 9.17) is 9.47 Å². The maximum absolute atomic E-state index is 14.4. The molecule has 156 valence electrons. The van der Waals surface area contributed by atoms with Crippen LogP contribution in [-0.4, -0.2) is 36.4 Å². The van der Waals surface area contributed by atoms with E-state index in [1.54, 1.807) is 20.3 Å². The molecule has 1 saturated carbocycles. The van der Waals surface area contributed by atoms with E-state index in [-0.39, 0.29) is 17.8 Å². The molecule has 3 atom stereocenters. The molecule has 2 aromatic carbocycles. The molecule has 0 bridgehead atoms. The minimum Gasteiger partial charge on any atom is -0.497 e. The molecular weight excluding hydrogens is 369 g/mol. The van der Waals surface area contributed by atoms with Crippen LogP contribution in [0.3, 0.4) is 0 Å². The fraction of sp³-hybridized carbons (Fsp3) is 0.500. The van der Waals surface area contributed by atoms with Crippen molar-refractivity contribution in [1.82, 2.24) is 4.90 Å². The summed E-state index contributed by atoms with van der Waals surface area (Å²) in [4.78, 5) is 2.31. The van der Waals surface area contributed by atoms with E-state index in [9.17, 15) is 9.50 Å². The number of hydrogen-bond acceptors (Lipinski definition) is 4. The molecule has 5 heteroatoms. The number of hydrogen-bond donors (Lipinski definition) is 1. The van der Waals surface area contributed by atoms with Crippen LogP contribution in [0.4, 0.5) is 4.39 Å². The zero-order valence-corrected chi connectivity index (χ0v) is 17.2. The third-order valence-electron chi connectivity index (χ3n) is 6.76. The average molecular weight is 400 g/mol. The van der Waals surface area contributed by atoms with E-state index in [2.05, 4.69) is 4.90 Å². The minimum atomic E-state index is -0.667. The van der Waals surface area contributed by atoms with Gasteiger partial charge in [-0.2, -0.15) is 0 Å². The van der Waals surface area contributed by atoms with Gasteiger partial charge in [0.05, 0.1) is 19.8 Å². The van der Waals surface area contributed by atoms with Crippen molar-refractivity contribution in [3.8, 4) is 11.5 Å². The Morgan fingerprint density at radius 3 is 2.69 bits per heavy atom. The van der Waals surface area contributed by atoms with E-state index in [1.165, 1.54) is 6.07 Å². The summed E-state index contributed by atoms with van der Waals surface area (Å²) in [5.74, 6) is 1.40. The van der Waals surface area contributed by atoms with Gasteiger partial charge in [-0.05, 0) is 31.4 Å². The molecule has 1 aliphatic heterocycles. The molecule has 29 heavy (non-hydrogen) atoms. The molecule has 1 saturated heterocycles. The van der Waals surface area contributed by atoms with Crippen molar-refractivity contribution in [2.75, 3.05) is 20.8 Å². The summed E-state index contributed by atoms with van der Waals surface area (Å²) in [6.07, 6.45) is 4.69. The Morgan fingerprint density at radius 2 is 1.93 bits per heavy atom. The molecule has 1 aliphatic carbocycles. The standard InChI is InChI=1S/C24H30FNO3/c1-28-18-10-11-19(22(15-18)29-2)23-20-8-5-6-12-24(20,27)13-14-26(23)16-17-7-3-4-9-21(17)25/h3-4,7,9-11,15,20,23,27H,5-6,8,12-14,16H2,1-2H3/t20-,23+,24+/m1/s1. The van der Waals surface area contributed by atoms with Gasteiger partial charge in [0, 0.05) is 42.2 Å². The molecule has 2 aliphatic rings. The Balaban J connectivity index is 1.76. The predicted molar refractivity (Wildman–Crippen MR) is 111 cm³/mol. The van der Waals surface area contributed by atoms with Gasteiger partial charge in [0.25, 0.3) is 0 Å². The largest absolute Gasteiger partial charge is 0.497 e. The summed E-state index contributed by atoms with van der Waals surface area (Å²) in [7, 11) is 3.30. The summed E-state index contributed by atoms with van der Waals surface area (Å²) in [6, 6.07) is 12.8. The Morgan fingerprint density at radius 1 is 1.10 bits per heavy atom. The Labute approximate surface area is 172 Å². The van der Waals surface area contributed by atoms with Gasteiger partial charge in [-0.15, -0.1) is 0 Å². The molecule has 1 heterocycles. The minimum absolute atomic E-state index is 0.0329. The van der Waals surface area contributed by atoms with Crippen LogP contribution in [0.5, 0.6) is 11.5 Å². The lowest BCUT2D eigenvalue weighted by atomic mass is 9.66. The number of fused-ring (bicyclic) bond motifs is 1. The Bertz CT molecular complexity index is 858. The second-order valence-electron chi connectivity index (χ2n) is 8.32. The molecular formula is C24H30FNO3. The van der Waals surface area contributed by atoms with Gasteiger partial charge in [-0.1, -0.05) is 37.1 Å². The van der Waals surface area contributed by atoms with Crippen molar-refractivity contribution < 1.29 is 19.0 Å². The van der Waals surface area contributed by atoms with Crippen molar-refractivity contribution in [2.24, 2.45) is 5.92 Å². The second-order valence-corrected chi connectivity index (χ2v) is 8.32. The normalized spacial score (nSPS) is 27.3. The van der Waals surface area contributed by atoms with Gasteiger partial charge >= 0.3 is 0 Å². The second kappa shape index (κ2) is 8.33. The van der Waals surface area contributed by atoms with Crippen molar-refractivity contribution in [3.63, 3.8) is 0 Å². The van der Waals surface area contributed by atoms with Gasteiger partial charge in [-0.3, -0.25) is 4.90 Å². The first-order valence-electron chi connectivity index (χ1n) is 10.5. The maximum Gasteiger partial charge on any atom is 0.127 e. The number of halogens is 1. The van der Waals surface area contributed by atoms with Gasteiger partial charge in [-0.25, -0.2) is 4.39 Å². The number of likely N-dealkylation sites (tertiary alicyclic amines) is 1. The van der Waals surface area contributed by atoms with Crippen LogP contribution >= 0.6 is 0 Å². The molecule has 4 nitrogen and oxygen atoms in total. The highest BCUT2D eigenvalue weighted by atomic mass is 19.1. The van der Waals surface area contributed by atoms with Crippen LogP contribution in [0.2, 0.25) is 0 Å². The topological polar surface area (TPSA) is 41.9 Å². The van der Waals surface area contributed by atoms with Gasteiger partial charge in [0.15, 0.2) is 0 Å². The van der Waals surface area contributed by atoms with Crippen molar-refractivity contribution >= 4 is 0 Å². The van der Waals surface area contributed by atoms with E-state index in [0.717, 1.165) is 55.7 Å². The first-order valence-corrected chi connectivity index (χ1v) is 10.5. The zero-order chi connectivity index (χ0) is 20.4. The zero-order valence-electron chi connectivity index (χ0n) is 17.2. The lowest BCUT2D eigenvalue weighted by molar-refractivity contribution is -0.126. The fourth-order valence-electron chi connectivity index (χ4n) is 5.24. The number of aliphatic hydroxyl groups is 1. The fourth-order valence-corrected chi connectivity index (χ4v) is 5.24. The number of benzene rings is 2. The Kier molecular flexibility index (Phi) is 5.79. The average Bonchev–Trinajstić information content (AvgIpc) is 2.75. The molecule has 0 amide bonds. The van der Waals surface area contributed by atoms with E-state index in [0.29, 0.717) is 12.1 Å². The summed E-state index contributed by atoms with van der Waals surface area (Å²) < 4.78 is 25.5. The quantitative estimate of drug-likeness (QED) is 0.791. The first kappa shape index (κ1) is 20.2. The van der Waals surface area contributed by atoms with Crippen LogP contribution < -0.4 is 9.47 Å². The van der Waals surface area contributed by atoms with E-state index >= 15 is 0 Å². The van der Waals surface area contributed by atoms with E-state index < -0.39 is 5.60 Å². The number of rotatable bonds is 5. The number of ether oxygens (including phenoxy) is 2. The summed E-state index contributed by atoms with van der Waals surface area (Å²) in [6.45, 7) is 1.24. The summed E-state index contributed by atoms with van der Waals surface area (Å²) in [5.41, 5.74) is 1.06. The maximum atomic E-state index is 14.4. The molecule has 2 fully saturated rings. The van der Waals surface area contributed by atoms with Gasteiger partial charge in [0.2, 0.25) is 0 Å². The highest BCUT2D eigenvalue weighted by Crippen LogP contribution is 2.51. The number of nitrogens with zero attached hydrogens (tertiary/aromatic N) is 1. The van der Waals surface area contributed by atoms with Crippen LogP contribution in [0.15, 0.2) is 42.5 Å². The molecule has 0 radical (unpaired) electrons. The van der Waals surface area contributed by atoms with Crippen LogP contribution in [0, 0.1) is 11.7 Å². The highest BCUT2D eigenvalue weighted by molar-refractivity contribution is 5.43. The first-order chi connectivity index (χ1) is 14.1. The predicted octanol–water partition coefficient (Wildman–Crippen LogP) is 4.71. The smallest absolute Gasteiger partial charge is 0.127 e. The molecule has 0 aromatic heterocycles. The van der Waals surface area contributed by atoms with E-state index in [1.807, 2.05) is 30.3 Å². The summed E-state index contributed by atoms with van der Waals surface area (Å²) >= 11 is 0. The van der Waals surface area contributed by atoms with Crippen molar-refractivity contribution in [3.05, 3.63) is 59.4 Å². The molecule has 1 N–H and O–H groups in total. The Hall–Kier alpha value is -2.11. The lowest BCUT2D eigenvalue weighted by Gasteiger charge is -2.53. The van der Waals surface area contributed by atoms with Gasteiger partial charge in [0.1, 0.15) is 17.3 Å². The monoisotopic (exact) mass is 399 g/mol. The molecule has 2 aromatic rings. The van der Waals surface area contributed by atoms with Crippen LogP contribution in [0.25, 0.3) is 0 Å². The van der Waals surface area contributed by atoms with Crippen LogP contribution in [-0.2, 0) is 6.54 Å². The third kappa shape index (κ3) is 3.86. The summed E-state index contributed by atoms with van der Waals surface area (Å²) in [5, 5.41) is 11.5. The highest BCUT2D eigenvalue weighted by Gasteiger charge is 2.49. The number of piperidine rings is 1. The van der Waals surface area contributed by atoms with Crippen LogP contribution in [0.1, 0.15) is 49.3 Å². The lowest BCUT2D eigenvalue weighted by Crippen LogP contribution is -2.54. The SMILES string of the molecule is COc1ccc([C@H]2[C@H]3CCCC[C@]3(O)CCN2Cc2ccccc2F)c(OC)c1. The molecule has 4 rings (SSSR count). The third-order valence-corrected chi connectivity index (χ3v) is 6.76. The molecule has 0 spiro atoms. The van der Waals surface area contributed by atoms with Gasteiger partial charge < -0.3 is 14.6 Å². The molecule has 0 unspecified atom stereocenters. The number of methoxy groups -OCH3 is 2. The van der Waals surface area contributed by atoms with Crippen molar-refractivity contribution in [1.29, 1.82) is 0 Å². The van der Waals surface area contributed by atoms with Crippen molar-refractivity contribution in [2.45, 2.75) is 50.3 Å².